The molecule has 1 unspecified atom stereocenters. The van der Waals surface area contributed by atoms with Gasteiger partial charge in [-0.25, -0.2) is 0 Å². The van der Waals surface area contributed by atoms with E-state index in [1.165, 1.54) is 0 Å². The molecule has 1 N–H and O–H groups in total. The normalized spacial score (nSPS) is 44.1. The number of carbonyl (C=O) groups is 1. The quantitative estimate of drug-likeness (QED) is 0.694. The molecule has 3 nitrogen and oxygen atoms in total. The van der Waals surface area contributed by atoms with Crippen LogP contribution in [0.2, 0.25) is 0 Å². The van der Waals surface area contributed by atoms with Gasteiger partial charge in [0.2, 0.25) is 0 Å². The van der Waals surface area contributed by atoms with Gasteiger partial charge in [0.1, 0.15) is 0 Å². The Balaban J connectivity index is 1.79. The molecule has 0 aromatic heterocycles. The molecule has 12 heavy (non-hydrogen) atoms. The number of aliphatic carboxylic acids is 1. The van der Waals surface area contributed by atoms with E-state index < -0.39 is 5.97 Å². The summed E-state index contributed by atoms with van der Waals surface area (Å²) in [4.78, 5) is 10.6. The number of carboxylic acid groups (broad SMARTS) is 1. The van der Waals surface area contributed by atoms with Crippen LogP contribution in [-0.2, 0) is 9.53 Å². The van der Waals surface area contributed by atoms with Crippen LogP contribution in [0.4, 0.5) is 0 Å². The van der Waals surface area contributed by atoms with E-state index in [1.54, 1.807) is 0 Å². The minimum atomic E-state index is -0.620. The van der Waals surface area contributed by atoms with Gasteiger partial charge < -0.3 is 9.84 Å². The average Bonchev–Trinajstić information content (AvgIpc) is 2.62. The molecule has 0 bridgehead atoms. The topological polar surface area (TPSA) is 46.5 Å². The molecule has 2 aliphatic rings. The summed E-state index contributed by atoms with van der Waals surface area (Å²) in [5, 5.41) is 8.73. The summed E-state index contributed by atoms with van der Waals surface area (Å²) in [7, 11) is 0. The summed E-state index contributed by atoms with van der Waals surface area (Å²) in [6.07, 6.45) is 3.17. The van der Waals surface area contributed by atoms with Gasteiger partial charge in [-0.2, -0.15) is 0 Å². The monoisotopic (exact) mass is 170 g/mol. The number of carboxylic acids is 1. The Morgan fingerprint density at radius 1 is 1.58 bits per heavy atom. The van der Waals surface area contributed by atoms with Gasteiger partial charge in [-0.3, -0.25) is 4.79 Å². The molecule has 0 amide bonds. The maximum Gasteiger partial charge on any atom is 0.307 e. The van der Waals surface area contributed by atoms with Crippen molar-refractivity contribution in [2.75, 3.05) is 6.61 Å². The molecular weight excluding hydrogens is 156 g/mol. The van der Waals surface area contributed by atoms with Crippen LogP contribution in [0.25, 0.3) is 0 Å². The van der Waals surface area contributed by atoms with E-state index >= 15 is 0 Å². The van der Waals surface area contributed by atoms with Gasteiger partial charge in [-0.15, -0.1) is 0 Å². The molecular formula is C9H14O3. The predicted molar refractivity (Wildman–Crippen MR) is 42.8 cm³/mol. The van der Waals surface area contributed by atoms with Gasteiger partial charge >= 0.3 is 5.97 Å². The Morgan fingerprint density at radius 2 is 2.25 bits per heavy atom. The van der Waals surface area contributed by atoms with Gasteiger partial charge in [0.05, 0.1) is 12.0 Å². The number of ether oxygens (including phenoxy) is 1. The van der Waals surface area contributed by atoms with Crippen molar-refractivity contribution >= 4 is 5.97 Å². The Morgan fingerprint density at radius 3 is 2.67 bits per heavy atom. The highest BCUT2D eigenvalue weighted by Gasteiger charge is 2.65. The van der Waals surface area contributed by atoms with Crippen LogP contribution in [-0.4, -0.2) is 23.8 Å². The van der Waals surface area contributed by atoms with Gasteiger partial charge in [0.25, 0.3) is 0 Å². The number of rotatable bonds is 3. The van der Waals surface area contributed by atoms with Gasteiger partial charge in [0, 0.05) is 6.61 Å². The van der Waals surface area contributed by atoms with E-state index in [9.17, 15) is 4.79 Å². The van der Waals surface area contributed by atoms with E-state index in [4.69, 9.17) is 9.84 Å². The van der Waals surface area contributed by atoms with E-state index in [0.717, 1.165) is 25.9 Å². The zero-order valence-corrected chi connectivity index (χ0v) is 7.25. The molecule has 1 spiro atoms. The van der Waals surface area contributed by atoms with E-state index in [-0.39, 0.29) is 11.3 Å². The maximum absolute atomic E-state index is 10.6. The molecule has 2 rings (SSSR count). The van der Waals surface area contributed by atoms with Gasteiger partial charge in [0.15, 0.2) is 0 Å². The molecule has 68 valence electrons. The number of hydrogen-bond donors (Lipinski definition) is 1. The molecule has 0 aromatic rings. The van der Waals surface area contributed by atoms with Crippen LogP contribution in [0.15, 0.2) is 0 Å². The van der Waals surface area contributed by atoms with Crippen molar-refractivity contribution in [1.82, 2.24) is 0 Å². The van der Waals surface area contributed by atoms with Gasteiger partial charge in [-0.1, -0.05) is 0 Å². The first kappa shape index (κ1) is 8.05. The van der Waals surface area contributed by atoms with E-state index in [1.807, 2.05) is 6.92 Å². The summed E-state index contributed by atoms with van der Waals surface area (Å²) < 4.78 is 5.39. The molecule has 0 heterocycles. The summed E-state index contributed by atoms with van der Waals surface area (Å²) >= 11 is 0. The first-order chi connectivity index (χ1) is 5.68. The molecule has 0 radical (unpaired) electrons. The van der Waals surface area contributed by atoms with Gasteiger partial charge in [-0.05, 0) is 31.6 Å². The van der Waals surface area contributed by atoms with Crippen molar-refractivity contribution in [3.63, 3.8) is 0 Å². The highest BCUT2D eigenvalue weighted by Crippen LogP contribution is 2.66. The van der Waals surface area contributed by atoms with Crippen molar-refractivity contribution in [2.24, 2.45) is 11.3 Å². The first-order valence-electron chi connectivity index (χ1n) is 4.52. The third-order valence-corrected chi connectivity index (χ3v) is 3.16. The summed E-state index contributed by atoms with van der Waals surface area (Å²) in [5.41, 5.74) is 0.158. The Hall–Kier alpha value is -0.570. The second kappa shape index (κ2) is 2.46. The fourth-order valence-corrected chi connectivity index (χ4v) is 2.35. The average molecular weight is 170 g/mol. The molecule has 0 aliphatic heterocycles. The molecule has 0 aromatic carbocycles. The lowest BCUT2D eigenvalue weighted by Crippen LogP contribution is -2.35. The van der Waals surface area contributed by atoms with Crippen molar-refractivity contribution in [2.45, 2.75) is 32.3 Å². The SMILES string of the molecule is CCOC1CC2(C1)CC2C(=O)O. The molecule has 3 heteroatoms. The molecule has 2 saturated carbocycles. The largest absolute Gasteiger partial charge is 0.481 e. The molecule has 2 aliphatic carbocycles. The maximum atomic E-state index is 10.6. The van der Waals surface area contributed by atoms with Crippen LogP contribution in [0.5, 0.6) is 0 Å². The van der Waals surface area contributed by atoms with Crippen LogP contribution < -0.4 is 0 Å². The lowest BCUT2D eigenvalue weighted by atomic mass is 9.77. The second-order valence-electron chi connectivity index (χ2n) is 3.94. The predicted octanol–water partition coefficient (Wildman–Crippen LogP) is 1.28. The van der Waals surface area contributed by atoms with Crippen LogP contribution in [0.3, 0.4) is 0 Å². The smallest absolute Gasteiger partial charge is 0.307 e. The third kappa shape index (κ3) is 1.04. The minimum Gasteiger partial charge on any atom is -0.481 e. The molecule has 2 fully saturated rings. The Labute approximate surface area is 71.7 Å². The van der Waals surface area contributed by atoms with E-state index in [2.05, 4.69) is 0 Å². The highest BCUT2D eigenvalue weighted by atomic mass is 16.5. The number of hydrogen-bond acceptors (Lipinski definition) is 2. The molecule has 0 saturated heterocycles. The highest BCUT2D eigenvalue weighted by molar-refractivity contribution is 5.75. The fourth-order valence-electron chi connectivity index (χ4n) is 2.35. The Kier molecular flexibility index (Phi) is 1.65. The lowest BCUT2D eigenvalue weighted by molar-refractivity contribution is -0.141. The molecule has 1 atom stereocenters. The zero-order valence-electron chi connectivity index (χ0n) is 7.25. The second-order valence-corrected chi connectivity index (χ2v) is 3.94. The summed E-state index contributed by atoms with van der Waals surface area (Å²) in [5.74, 6) is -0.681. The van der Waals surface area contributed by atoms with Crippen LogP contribution in [0.1, 0.15) is 26.2 Å². The van der Waals surface area contributed by atoms with Crippen molar-refractivity contribution < 1.29 is 14.6 Å². The summed E-state index contributed by atoms with van der Waals surface area (Å²) in [6.45, 7) is 2.73. The van der Waals surface area contributed by atoms with E-state index in [0.29, 0.717) is 6.10 Å². The fraction of sp³-hybridized carbons (Fsp3) is 0.889. The zero-order chi connectivity index (χ0) is 8.77. The van der Waals surface area contributed by atoms with Crippen molar-refractivity contribution in [1.29, 1.82) is 0 Å². The third-order valence-electron chi connectivity index (χ3n) is 3.16. The summed E-state index contributed by atoms with van der Waals surface area (Å²) in [6, 6.07) is 0. The van der Waals surface area contributed by atoms with Crippen LogP contribution in [0, 0.1) is 11.3 Å². The minimum absolute atomic E-state index is 0.0609. The first-order valence-corrected chi connectivity index (χ1v) is 4.52. The van der Waals surface area contributed by atoms with Crippen molar-refractivity contribution in [3.8, 4) is 0 Å². The van der Waals surface area contributed by atoms with Crippen LogP contribution >= 0.6 is 0 Å². The Bertz CT molecular complexity index is 206. The standard InChI is InChI=1S/C9H14O3/c1-2-12-6-3-9(4-6)5-7(9)8(10)11/h6-7H,2-5H2,1H3,(H,10,11). The lowest BCUT2D eigenvalue weighted by Gasteiger charge is -2.35. The van der Waals surface area contributed by atoms with Crippen molar-refractivity contribution in [3.05, 3.63) is 0 Å².